The summed E-state index contributed by atoms with van der Waals surface area (Å²) in [7, 11) is -5.08. The topological polar surface area (TPSA) is 204 Å². The molecule has 0 aliphatic heterocycles. The molecule has 0 aliphatic carbocycles. The first-order valence-corrected chi connectivity index (χ1v) is 14.2. The third kappa shape index (κ3) is 7.84. The predicted molar refractivity (Wildman–Crippen MR) is 150 cm³/mol. The number of rotatable bonds is 15. The van der Waals surface area contributed by atoms with Crippen LogP contribution in [0.1, 0.15) is 28.9 Å². The van der Waals surface area contributed by atoms with Crippen molar-refractivity contribution in [3.63, 3.8) is 0 Å². The number of aromatic amines is 1. The first-order valence-electron chi connectivity index (χ1n) is 12.7. The van der Waals surface area contributed by atoms with Crippen LogP contribution in [0.15, 0.2) is 54.7 Å². The standard InChI is InChI=1S/C26H26F3N7O7S/c1-14(15-2-5-17(27)6-3-15)43-19-12-16(4-7-18(19)35-44(40,41)26(28)29)23-22(24(30)39)25(33-32-23)31-20-8-9-36(34-20)10-11-42-13-21(37)38/h2-9,12,14,26,35H,10-11,13H2,1H3,(H2,30,39)(H,37,38)(H2,31,32,33,34)/t14-/m0/s1. The maximum Gasteiger partial charge on any atom is 0.355 e. The van der Waals surface area contributed by atoms with Gasteiger partial charge < -0.3 is 25.6 Å². The Labute approximate surface area is 248 Å². The molecule has 6 N–H and O–H groups in total. The lowest BCUT2D eigenvalue weighted by atomic mass is 10.1. The molecule has 2 heterocycles. The van der Waals surface area contributed by atoms with Gasteiger partial charge >= 0.3 is 11.7 Å². The summed E-state index contributed by atoms with van der Waals surface area (Å²) in [6.45, 7) is 1.45. The lowest BCUT2D eigenvalue weighted by molar-refractivity contribution is -0.142. The van der Waals surface area contributed by atoms with Crippen LogP contribution >= 0.6 is 0 Å². The number of amides is 1. The molecule has 0 bridgehead atoms. The highest BCUT2D eigenvalue weighted by molar-refractivity contribution is 7.93. The van der Waals surface area contributed by atoms with E-state index < -0.39 is 46.2 Å². The molecule has 0 fully saturated rings. The van der Waals surface area contributed by atoms with Crippen molar-refractivity contribution in [2.24, 2.45) is 5.73 Å². The summed E-state index contributed by atoms with van der Waals surface area (Å²) in [6, 6.07) is 10.6. The molecule has 0 radical (unpaired) electrons. The second kappa shape index (κ2) is 13.5. The number of halogens is 3. The number of anilines is 3. The van der Waals surface area contributed by atoms with Gasteiger partial charge in [0.05, 0.1) is 24.5 Å². The zero-order valence-corrected chi connectivity index (χ0v) is 23.6. The van der Waals surface area contributed by atoms with Crippen molar-refractivity contribution >= 4 is 39.2 Å². The number of nitrogens with zero attached hydrogens (tertiary/aromatic N) is 3. The van der Waals surface area contributed by atoms with Gasteiger partial charge in [0, 0.05) is 17.8 Å². The van der Waals surface area contributed by atoms with Gasteiger partial charge in [-0.05, 0) is 36.8 Å². The number of carboxylic acids is 1. The molecular weight excluding hydrogens is 611 g/mol. The van der Waals surface area contributed by atoms with E-state index in [2.05, 4.69) is 20.6 Å². The fraction of sp³-hybridized carbons (Fsp3) is 0.231. The number of nitrogens with two attached hydrogens (primary N) is 1. The third-order valence-corrected chi connectivity index (χ3v) is 6.96. The van der Waals surface area contributed by atoms with Gasteiger partial charge in [-0.3, -0.25) is 19.3 Å². The number of sulfonamides is 1. The first kappa shape index (κ1) is 31.8. The van der Waals surface area contributed by atoms with E-state index in [1.807, 2.05) is 0 Å². The molecule has 2 aromatic carbocycles. The van der Waals surface area contributed by atoms with Gasteiger partial charge in [0.2, 0.25) is 0 Å². The Bertz CT molecular complexity index is 1740. The summed E-state index contributed by atoms with van der Waals surface area (Å²) in [5.41, 5.74) is 6.03. The minimum Gasteiger partial charge on any atom is -0.484 e. The van der Waals surface area contributed by atoms with Gasteiger partial charge in [0.15, 0.2) is 11.6 Å². The summed E-state index contributed by atoms with van der Waals surface area (Å²) < 4.78 is 77.7. The van der Waals surface area contributed by atoms with E-state index in [1.165, 1.54) is 41.1 Å². The molecule has 0 spiro atoms. The number of nitrogens with one attached hydrogen (secondary N) is 3. The number of H-pyrrole nitrogens is 1. The van der Waals surface area contributed by atoms with Gasteiger partial charge in [-0.25, -0.2) is 17.6 Å². The minimum absolute atomic E-state index is 0.00972. The monoisotopic (exact) mass is 637 g/mol. The maximum absolute atomic E-state index is 13.4. The van der Waals surface area contributed by atoms with E-state index in [9.17, 15) is 31.2 Å². The number of ether oxygens (including phenoxy) is 2. The van der Waals surface area contributed by atoms with Crippen LogP contribution in [0.3, 0.4) is 0 Å². The number of carbonyl (C=O) groups excluding carboxylic acids is 1. The molecule has 18 heteroatoms. The second-order valence-electron chi connectivity index (χ2n) is 9.15. The van der Waals surface area contributed by atoms with Crippen molar-refractivity contribution in [3.8, 4) is 17.0 Å². The van der Waals surface area contributed by atoms with Gasteiger partial charge in [-0.1, -0.05) is 18.2 Å². The molecule has 4 aromatic rings. The number of carbonyl (C=O) groups is 2. The third-order valence-electron chi connectivity index (χ3n) is 5.99. The van der Waals surface area contributed by atoms with Crippen LogP contribution in [0, 0.1) is 5.82 Å². The zero-order valence-electron chi connectivity index (χ0n) is 22.8. The molecule has 44 heavy (non-hydrogen) atoms. The minimum atomic E-state index is -5.08. The molecule has 1 amide bonds. The van der Waals surface area contributed by atoms with Crippen molar-refractivity contribution in [2.75, 3.05) is 23.3 Å². The summed E-state index contributed by atoms with van der Waals surface area (Å²) >= 11 is 0. The second-order valence-corrected chi connectivity index (χ2v) is 10.8. The number of aliphatic carboxylic acids is 1. The number of alkyl halides is 2. The number of hydrogen-bond acceptors (Lipinski definition) is 9. The quantitative estimate of drug-likeness (QED) is 0.120. The fourth-order valence-electron chi connectivity index (χ4n) is 3.92. The highest BCUT2D eigenvalue weighted by Gasteiger charge is 2.27. The highest BCUT2D eigenvalue weighted by atomic mass is 32.2. The van der Waals surface area contributed by atoms with Gasteiger partial charge in [-0.15, -0.1) is 0 Å². The fourth-order valence-corrected chi connectivity index (χ4v) is 4.49. The van der Waals surface area contributed by atoms with E-state index >= 15 is 0 Å². The van der Waals surface area contributed by atoms with Crippen LogP contribution in [-0.4, -0.2) is 64.3 Å². The number of primary amides is 1. The van der Waals surface area contributed by atoms with Gasteiger partial charge in [0.1, 0.15) is 29.8 Å². The molecule has 0 saturated heterocycles. The number of benzene rings is 2. The molecule has 2 aromatic heterocycles. The van der Waals surface area contributed by atoms with E-state index in [-0.39, 0.29) is 53.0 Å². The maximum atomic E-state index is 13.4. The molecule has 0 unspecified atom stereocenters. The average Bonchev–Trinajstić information content (AvgIpc) is 3.59. The number of hydrogen-bond donors (Lipinski definition) is 5. The van der Waals surface area contributed by atoms with Crippen molar-refractivity contribution in [3.05, 3.63) is 71.7 Å². The largest absolute Gasteiger partial charge is 0.484 e. The van der Waals surface area contributed by atoms with Crippen molar-refractivity contribution in [1.29, 1.82) is 0 Å². The SMILES string of the molecule is C[C@H](Oc1cc(-c2[nH]nc(Nc3ccn(CCOCC(=O)O)n3)c2C(N)=O)ccc1NS(=O)(=O)C(F)F)c1ccc(F)cc1. The van der Waals surface area contributed by atoms with Crippen molar-refractivity contribution in [1.82, 2.24) is 20.0 Å². The molecule has 14 nitrogen and oxygen atoms in total. The Hall–Kier alpha value is -5.10. The van der Waals surface area contributed by atoms with E-state index in [0.29, 0.717) is 5.56 Å². The Morgan fingerprint density at radius 3 is 2.55 bits per heavy atom. The van der Waals surface area contributed by atoms with E-state index in [0.717, 1.165) is 6.07 Å². The summed E-state index contributed by atoms with van der Waals surface area (Å²) in [6.07, 6.45) is 0.787. The molecule has 0 saturated carbocycles. The molecule has 4 rings (SSSR count). The summed E-state index contributed by atoms with van der Waals surface area (Å²) in [4.78, 5) is 23.1. The van der Waals surface area contributed by atoms with Crippen LogP contribution in [0.25, 0.3) is 11.3 Å². The Morgan fingerprint density at radius 1 is 1.16 bits per heavy atom. The van der Waals surface area contributed by atoms with Crippen LogP contribution < -0.4 is 20.5 Å². The lowest BCUT2D eigenvalue weighted by Gasteiger charge is -2.19. The van der Waals surface area contributed by atoms with E-state index in [4.69, 9.17) is 20.3 Å². The molecule has 0 aliphatic rings. The van der Waals surface area contributed by atoms with Gasteiger partial charge in [-0.2, -0.15) is 19.0 Å². The molecule has 1 atom stereocenters. The van der Waals surface area contributed by atoms with Gasteiger partial charge in [0.25, 0.3) is 15.9 Å². The van der Waals surface area contributed by atoms with Crippen LogP contribution in [-0.2, 0) is 26.1 Å². The molecular formula is C26H26F3N7O7S. The van der Waals surface area contributed by atoms with Crippen molar-refractivity contribution in [2.45, 2.75) is 25.3 Å². The van der Waals surface area contributed by atoms with Crippen LogP contribution in [0.2, 0.25) is 0 Å². The molecule has 234 valence electrons. The highest BCUT2D eigenvalue weighted by Crippen LogP contribution is 2.37. The summed E-state index contributed by atoms with van der Waals surface area (Å²) in [5, 5.41) is 22.5. The number of carboxylic acid groups (broad SMARTS) is 1. The smallest absolute Gasteiger partial charge is 0.355 e. The lowest BCUT2D eigenvalue weighted by Crippen LogP contribution is -2.21. The predicted octanol–water partition coefficient (Wildman–Crippen LogP) is 3.46. The Kier molecular flexibility index (Phi) is 9.74. The number of aromatic nitrogens is 4. The Balaban J connectivity index is 1.64. The van der Waals surface area contributed by atoms with E-state index in [1.54, 1.807) is 23.9 Å². The zero-order chi connectivity index (χ0) is 32.0. The Morgan fingerprint density at radius 2 is 1.89 bits per heavy atom. The van der Waals surface area contributed by atoms with Crippen molar-refractivity contribution < 1.29 is 45.8 Å². The van der Waals surface area contributed by atoms with Crippen LogP contribution in [0.4, 0.5) is 30.5 Å². The summed E-state index contributed by atoms with van der Waals surface area (Å²) in [5.74, 6) is -6.16. The first-order chi connectivity index (χ1) is 20.8. The normalized spacial score (nSPS) is 12.2. The van der Waals surface area contributed by atoms with Crippen LogP contribution in [0.5, 0.6) is 5.75 Å². The average molecular weight is 638 g/mol.